The Labute approximate surface area is 189 Å². The van der Waals surface area contributed by atoms with Crippen LogP contribution in [0.5, 0.6) is 0 Å². The summed E-state index contributed by atoms with van der Waals surface area (Å²) in [6.07, 6.45) is 1.23. The second kappa shape index (κ2) is 11.4. The van der Waals surface area contributed by atoms with E-state index in [4.69, 9.17) is 15.0 Å². The number of sulfone groups is 1. The van der Waals surface area contributed by atoms with Crippen molar-refractivity contribution in [1.82, 2.24) is 0 Å². The summed E-state index contributed by atoms with van der Waals surface area (Å²) in [4.78, 5) is 11.7. The van der Waals surface area contributed by atoms with Gasteiger partial charge in [-0.25, -0.2) is 8.42 Å². The van der Waals surface area contributed by atoms with E-state index in [0.717, 1.165) is 11.0 Å². The van der Waals surface area contributed by atoms with Gasteiger partial charge in [0, 0.05) is 11.4 Å². The Morgan fingerprint density at radius 3 is 2.00 bits per heavy atom. The first-order valence-corrected chi connectivity index (χ1v) is 12.6. The number of hydrogen-bond donors (Lipinski definition) is 2. The van der Waals surface area contributed by atoms with Crippen molar-refractivity contribution in [2.24, 2.45) is 5.73 Å². The van der Waals surface area contributed by atoms with E-state index in [2.05, 4.69) is 0 Å². The van der Waals surface area contributed by atoms with Crippen LogP contribution in [0.4, 0.5) is 0 Å². The average Bonchev–Trinajstić information content (AvgIpc) is 2.66. The Kier molecular flexibility index (Phi) is 9.77. The third kappa shape index (κ3) is 10.7. The second-order valence-electron chi connectivity index (χ2n) is 7.93. The fraction of sp³-hybridized carbons (Fsp3) is 0.318. The molecule has 0 aliphatic heterocycles. The average molecular weight is 484 g/mol. The zero-order chi connectivity index (χ0) is 24.6. The molecule has 3 N–H and O–H groups in total. The van der Waals surface area contributed by atoms with Gasteiger partial charge >= 0.3 is 5.97 Å². The van der Waals surface area contributed by atoms with Gasteiger partial charge in [0.1, 0.15) is 5.60 Å². The third-order valence-corrected chi connectivity index (χ3v) is 6.03. The fourth-order valence-electron chi connectivity index (χ4n) is 2.25. The predicted molar refractivity (Wildman–Crippen MR) is 122 cm³/mol. The van der Waals surface area contributed by atoms with Crippen LogP contribution in [-0.4, -0.2) is 39.0 Å². The van der Waals surface area contributed by atoms with Crippen LogP contribution >= 0.6 is 0 Å². The molecule has 0 aromatic heterocycles. The number of benzene rings is 2. The van der Waals surface area contributed by atoms with Crippen LogP contribution < -0.4 is 5.73 Å². The molecule has 0 unspecified atom stereocenters. The molecule has 32 heavy (non-hydrogen) atoms. The van der Waals surface area contributed by atoms with Crippen molar-refractivity contribution in [3.8, 4) is 0 Å². The number of aryl methyl sites for hydroxylation is 1. The molecule has 0 aliphatic carbocycles. The Hall–Kier alpha value is -2.53. The summed E-state index contributed by atoms with van der Waals surface area (Å²) in [6, 6.07) is 13.3. The molecule has 8 nitrogen and oxygen atoms in total. The molecule has 0 saturated heterocycles. The first-order valence-electron chi connectivity index (χ1n) is 9.60. The highest BCUT2D eigenvalue weighted by molar-refractivity contribution is 7.94. The standard InChI is InChI=1S/C15H21NO4S.C7H8O3S/c1-15(2,3)20-14(17)11-12(16)9-10-21(18,19)13-7-5-4-6-8-13;1-6-2-4-7(5-3-6)11(8,9)10/h4-10,12H,11,16H2,1-3H3;2-5H,1H3,(H,8,9,10)/b10-9+;/t12-;/m1./s1. The van der Waals surface area contributed by atoms with Gasteiger partial charge in [0.05, 0.1) is 16.2 Å². The molecule has 2 aromatic rings. The molecule has 2 rings (SSSR count). The van der Waals surface area contributed by atoms with E-state index < -0.39 is 37.6 Å². The summed E-state index contributed by atoms with van der Waals surface area (Å²) in [5.74, 6) is -0.461. The van der Waals surface area contributed by atoms with Gasteiger partial charge in [-0.1, -0.05) is 42.0 Å². The molecular weight excluding hydrogens is 454 g/mol. The van der Waals surface area contributed by atoms with E-state index in [1.54, 1.807) is 51.1 Å². The van der Waals surface area contributed by atoms with Crippen molar-refractivity contribution in [3.63, 3.8) is 0 Å². The minimum atomic E-state index is -4.02. The van der Waals surface area contributed by atoms with Gasteiger partial charge < -0.3 is 10.5 Å². The summed E-state index contributed by atoms with van der Waals surface area (Å²) >= 11 is 0. The van der Waals surface area contributed by atoms with Gasteiger partial charge in [0.25, 0.3) is 10.1 Å². The van der Waals surface area contributed by atoms with Gasteiger partial charge in [0.15, 0.2) is 9.84 Å². The molecule has 10 heteroatoms. The Balaban J connectivity index is 0.000000389. The van der Waals surface area contributed by atoms with Crippen LogP contribution in [0.2, 0.25) is 0 Å². The SMILES string of the molecule is CC(C)(C)OC(=O)C[C@H](N)/C=C/S(=O)(=O)c1ccccc1.Cc1ccc(S(=O)(=O)O)cc1. The van der Waals surface area contributed by atoms with Gasteiger partial charge in [-0.15, -0.1) is 0 Å². The largest absolute Gasteiger partial charge is 0.460 e. The highest BCUT2D eigenvalue weighted by atomic mass is 32.2. The van der Waals surface area contributed by atoms with Gasteiger partial charge in [-0.05, 0) is 52.0 Å². The minimum Gasteiger partial charge on any atom is -0.460 e. The molecule has 0 amide bonds. The summed E-state index contributed by atoms with van der Waals surface area (Å²) in [5.41, 5.74) is 6.10. The van der Waals surface area contributed by atoms with Crippen LogP contribution in [0.1, 0.15) is 32.8 Å². The van der Waals surface area contributed by atoms with E-state index in [1.807, 2.05) is 6.92 Å². The zero-order valence-electron chi connectivity index (χ0n) is 18.4. The highest BCUT2D eigenvalue weighted by Gasteiger charge is 2.18. The van der Waals surface area contributed by atoms with Gasteiger partial charge in [0.2, 0.25) is 0 Å². The van der Waals surface area contributed by atoms with Crippen molar-refractivity contribution in [3.05, 3.63) is 71.6 Å². The minimum absolute atomic E-state index is 0.0666. The molecule has 2 aromatic carbocycles. The van der Waals surface area contributed by atoms with Crippen molar-refractivity contribution >= 4 is 25.9 Å². The van der Waals surface area contributed by atoms with Gasteiger partial charge in [-0.2, -0.15) is 8.42 Å². The summed E-state index contributed by atoms with van der Waals surface area (Å²) in [7, 11) is -7.56. The Morgan fingerprint density at radius 1 is 1.00 bits per heavy atom. The number of carbonyl (C=O) groups excluding carboxylic acids is 1. The summed E-state index contributed by atoms with van der Waals surface area (Å²) in [5, 5.41) is 1.03. The third-order valence-electron chi connectivity index (χ3n) is 3.72. The van der Waals surface area contributed by atoms with E-state index in [1.165, 1.54) is 30.3 Å². The molecular formula is C22H29NO7S2. The summed E-state index contributed by atoms with van der Waals surface area (Å²) < 4.78 is 58.7. The topological polar surface area (TPSA) is 141 Å². The molecule has 0 bridgehead atoms. The second-order valence-corrected chi connectivity index (χ2v) is 11.2. The van der Waals surface area contributed by atoms with E-state index >= 15 is 0 Å². The first-order chi connectivity index (χ1) is 14.6. The van der Waals surface area contributed by atoms with Crippen LogP contribution in [0.25, 0.3) is 0 Å². The monoisotopic (exact) mass is 483 g/mol. The van der Waals surface area contributed by atoms with E-state index in [-0.39, 0.29) is 16.2 Å². The number of hydrogen-bond acceptors (Lipinski definition) is 7. The molecule has 0 heterocycles. The molecule has 0 spiro atoms. The van der Waals surface area contributed by atoms with Crippen LogP contribution in [0.3, 0.4) is 0 Å². The molecule has 1 atom stereocenters. The number of esters is 1. The molecule has 0 saturated carbocycles. The first kappa shape index (κ1) is 27.5. The maximum atomic E-state index is 12.0. The fourth-order valence-corrected chi connectivity index (χ4v) is 3.83. The van der Waals surface area contributed by atoms with E-state index in [9.17, 15) is 21.6 Å². The maximum absolute atomic E-state index is 12.0. The molecule has 0 fully saturated rings. The maximum Gasteiger partial charge on any atom is 0.308 e. The molecule has 176 valence electrons. The lowest BCUT2D eigenvalue weighted by molar-refractivity contribution is -0.154. The zero-order valence-corrected chi connectivity index (χ0v) is 20.1. The molecule has 0 radical (unpaired) electrons. The Bertz CT molecular complexity index is 1120. The van der Waals surface area contributed by atoms with Crippen LogP contribution in [0, 0.1) is 6.92 Å². The predicted octanol–water partition coefficient (Wildman–Crippen LogP) is 3.27. The van der Waals surface area contributed by atoms with Crippen LogP contribution in [-0.2, 0) is 29.5 Å². The van der Waals surface area contributed by atoms with Crippen molar-refractivity contribution in [1.29, 1.82) is 0 Å². The lowest BCUT2D eigenvalue weighted by Gasteiger charge is -2.20. The quantitative estimate of drug-likeness (QED) is 0.471. The van der Waals surface area contributed by atoms with Crippen molar-refractivity contribution in [2.45, 2.75) is 55.5 Å². The molecule has 0 aliphatic rings. The number of rotatable bonds is 6. The normalized spacial score (nSPS) is 13.2. The lowest BCUT2D eigenvalue weighted by Crippen LogP contribution is -2.29. The number of nitrogens with two attached hydrogens (primary N) is 1. The number of carbonyl (C=O) groups is 1. The smallest absolute Gasteiger partial charge is 0.308 e. The Morgan fingerprint density at radius 2 is 1.53 bits per heavy atom. The van der Waals surface area contributed by atoms with Gasteiger partial charge in [-0.3, -0.25) is 9.35 Å². The van der Waals surface area contributed by atoms with Crippen molar-refractivity contribution < 1.29 is 30.9 Å². The number of ether oxygens (including phenoxy) is 1. The highest BCUT2D eigenvalue weighted by Crippen LogP contribution is 2.13. The summed E-state index contributed by atoms with van der Waals surface area (Å²) in [6.45, 7) is 7.11. The van der Waals surface area contributed by atoms with Crippen LogP contribution in [0.15, 0.2) is 75.9 Å². The van der Waals surface area contributed by atoms with E-state index in [0.29, 0.717) is 0 Å². The lowest BCUT2D eigenvalue weighted by atomic mass is 10.2. The van der Waals surface area contributed by atoms with Crippen molar-refractivity contribution in [2.75, 3.05) is 0 Å².